The Labute approximate surface area is 117 Å². The van der Waals surface area contributed by atoms with Crippen LogP contribution in [0.3, 0.4) is 0 Å². The molecule has 0 amide bonds. The van der Waals surface area contributed by atoms with Crippen LogP contribution in [0.15, 0.2) is 28.0 Å². The molecule has 0 saturated carbocycles. The number of rotatable bonds is 3. The van der Waals surface area contributed by atoms with Crippen molar-refractivity contribution < 1.29 is 8.42 Å². The maximum atomic E-state index is 12.1. The van der Waals surface area contributed by atoms with E-state index in [1.807, 2.05) is 6.07 Å². The van der Waals surface area contributed by atoms with Crippen LogP contribution in [0.4, 0.5) is 5.82 Å². The van der Waals surface area contributed by atoms with Crippen LogP contribution in [0.25, 0.3) is 0 Å². The topological polar surface area (TPSA) is 114 Å². The molecule has 0 aliphatic heterocycles. The molecule has 1 N–H and O–H groups in total. The van der Waals surface area contributed by atoms with E-state index < -0.39 is 10.0 Å². The van der Waals surface area contributed by atoms with E-state index in [9.17, 15) is 8.42 Å². The fourth-order valence-electron chi connectivity index (χ4n) is 1.31. The van der Waals surface area contributed by atoms with Crippen molar-refractivity contribution in [2.75, 3.05) is 4.72 Å². The zero-order valence-corrected chi connectivity index (χ0v) is 12.0. The molecule has 0 spiro atoms. The van der Waals surface area contributed by atoms with Crippen molar-refractivity contribution in [1.82, 2.24) is 20.0 Å². The van der Waals surface area contributed by atoms with Gasteiger partial charge >= 0.3 is 0 Å². The van der Waals surface area contributed by atoms with Crippen molar-refractivity contribution in [2.45, 2.75) is 5.03 Å². The average Bonchev–Trinajstić information content (AvgIpc) is 2.70. The van der Waals surface area contributed by atoms with Crippen LogP contribution in [0, 0.1) is 11.3 Å². The van der Waals surface area contributed by atoms with Gasteiger partial charge in [0.05, 0.1) is 5.56 Å². The van der Waals surface area contributed by atoms with E-state index in [1.165, 1.54) is 25.4 Å². The summed E-state index contributed by atoms with van der Waals surface area (Å²) in [6.45, 7) is 0. The Hall–Kier alpha value is -1.99. The lowest BCUT2D eigenvalue weighted by atomic mass is 10.3. The first-order valence-corrected chi connectivity index (χ1v) is 7.16. The molecule has 0 atom stereocenters. The van der Waals surface area contributed by atoms with Gasteiger partial charge in [0.25, 0.3) is 10.0 Å². The summed E-state index contributed by atoms with van der Waals surface area (Å²) in [5, 5.41) is 15.7. The van der Waals surface area contributed by atoms with Crippen LogP contribution in [-0.4, -0.2) is 28.4 Å². The number of nitrogens with one attached hydrogen (secondary N) is 1. The van der Waals surface area contributed by atoms with E-state index in [0.717, 1.165) is 4.68 Å². The first-order chi connectivity index (χ1) is 8.94. The molecule has 0 aliphatic rings. The second-order valence-electron chi connectivity index (χ2n) is 3.46. The Bertz CT molecular complexity index is 727. The Morgan fingerprint density at radius 1 is 1.47 bits per heavy atom. The minimum atomic E-state index is -3.86. The minimum Gasteiger partial charge on any atom is -0.262 e. The third-order valence-electron chi connectivity index (χ3n) is 2.12. The Kier molecular flexibility index (Phi) is 3.50. The summed E-state index contributed by atoms with van der Waals surface area (Å²) in [6.07, 6.45) is 1.27. The quantitative estimate of drug-likeness (QED) is 0.875. The van der Waals surface area contributed by atoms with Gasteiger partial charge in [-0.25, -0.2) is 9.67 Å². The van der Waals surface area contributed by atoms with E-state index in [1.54, 1.807) is 0 Å². The molecule has 0 aromatic carbocycles. The number of nitriles is 1. The number of aryl methyl sites for hydroxylation is 1. The number of nitrogens with zero attached hydrogens (tertiary/aromatic N) is 5. The predicted octanol–water partition coefficient (Wildman–Crippen LogP) is 0.645. The van der Waals surface area contributed by atoms with Gasteiger partial charge in [-0.05, 0) is 28.1 Å². The third-order valence-corrected chi connectivity index (χ3v) is 4.36. The van der Waals surface area contributed by atoms with Gasteiger partial charge in [0.1, 0.15) is 11.9 Å². The van der Waals surface area contributed by atoms with Crippen molar-refractivity contribution in [2.24, 2.45) is 7.05 Å². The lowest BCUT2D eigenvalue weighted by Gasteiger charge is -2.06. The molecule has 2 rings (SSSR count). The predicted molar refractivity (Wildman–Crippen MR) is 68.5 cm³/mol. The first-order valence-electron chi connectivity index (χ1n) is 4.88. The van der Waals surface area contributed by atoms with Crippen molar-refractivity contribution >= 4 is 31.8 Å². The van der Waals surface area contributed by atoms with Gasteiger partial charge in [0, 0.05) is 13.2 Å². The second-order valence-corrected chi connectivity index (χ2v) is 5.81. The largest absolute Gasteiger partial charge is 0.283 e. The molecule has 2 aromatic rings. The van der Waals surface area contributed by atoms with Gasteiger partial charge in [-0.15, -0.1) is 5.10 Å². The van der Waals surface area contributed by atoms with Crippen LogP contribution in [-0.2, 0) is 17.1 Å². The number of sulfonamides is 1. The van der Waals surface area contributed by atoms with E-state index in [0.29, 0.717) is 5.56 Å². The van der Waals surface area contributed by atoms with Gasteiger partial charge in [-0.2, -0.15) is 13.7 Å². The van der Waals surface area contributed by atoms with Crippen molar-refractivity contribution in [3.63, 3.8) is 0 Å². The van der Waals surface area contributed by atoms with E-state index >= 15 is 0 Å². The third kappa shape index (κ3) is 2.72. The molecular weight excluding hydrogens is 336 g/mol. The number of anilines is 1. The molecule has 10 heteroatoms. The summed E-state index contributed by atoms with van der Waals surface area (Å²) in [6, 6.07) is 4.75. The van der Waals surface area contributed by atoms with Crippen LogP contribution in [0.1, 0.15) is 5.56 Å². The molecular formula is C9H7BrN6O2S. The monoisotopic (exact) mass is 342 g/mol. The summed E-state index contributed by atoms with van der Waals surface area (Å²) in [5.41, 5.74) is 0.339. The molecule has 19 heavy (non-hydrogen) atoms. The van der Waals surface area contributed by atoms with Crippen molar-refractivity contribution in [3.05, 3.63) is 28.5 Å². The van der Waals surface area contributed by atoms with E-state index in [4.69, 9.17) is 5.26 Å². The second kappa shape index (κ2) is 4.94. The zero-order chi connectivity index (χ0) is 14.0. The fraction of sp³-hybridized carbons (Fsp3) is 0.111. The standard InChI is InChI=1S/C9H7BrN6O2S/c1-16-9(8(10)13-15-16)19(17,18)14-7-3-2-6(4-11)5-12-7/h2-3,5H,1H3,(H,12,14). The highest BCUT2D eigenvalue weighted by Gasteiger charge is 2.24. The number of hydrogen-bond donors (Lipinski definition) is 1. The van der Waals surface area contributed by atoms with E-state index in [-0.39, 0.29) is 15.4 Å². The van der Waals surface area contributed by atoms with Crippen LogP contribution in [0.5, 0.6) is 0 Å². The molecule has 0 aliphatic carbocycles. The Morgan fingerprint density at radius 2 is 2.21 bits per heavy atom. The van der Waals surface area contributed by atoms with Crippen molar-refractivity contribution in [3.8, 4) is 6.07 Å². The molecule has 0 fully saturated rings. The molecule has 0 saturated heterocycles. The highest BCUT2D eigenvalue weighted by molar-refractivity contribution is 9.10. The van der Waals surface area contributed by atoms with Crippen LogP contribution in [0.2, 0.25) is 0 Å². The summed E-state index contributed by atoms with van der Waals surface area (Å²) in [5.74, 6) is 0.104. The number of aromatic nitrogens is 4. The Balaban J connectivity index is 2.34. The van der Waals surface area contributed by atoms with E-state index in [2.05, 4.69) is 35.9 Å². The van der Waals surface area contributed by atoms with Gasteiger partial charge in [-0.3, -0.25) is 4.72 Å². The summed E-state index contributed by atoms with van der Waals surface area (Å²) < 4.78 is 27.7. The van der Waals surface area contributed by atoms with Gasteiger partial charge < -0.3 is 0 Å². The summed E-state index contributed by atoms with van der Waals surface area (Å²) in [7, 11) is -2.40. The highest BCUT2D eigenvalue weighted by atomic mass is 79.9. The normalized spacial score (nSPS) is 11.0. The molecule has 98 valence electrons. The maximum absolute atomic E-state index is 12.1. The van der Waals surface area contributed by atoms with Crippen LogP contribution >= 0.6 is 15.9 Å². The van der Waals surface area contributed by atoms with Gasteiger partial charge in [-0.1, -0.05) is 5.21 Å². The fourth-order valence-corrected chi connectivity index (χ4v) is 3.42. The molecule has 0 bridgehead atoms. The summed E-state index contributed by atoms with van der Waals surface area (Å²) >= 11 is 3.01. The number of hydrogen-bond acceptors (Lipinski definition) is 6. The van der Waals surface area contributed by atoms with Gasteiger partial charge in [0.2, 0.25) is 5.03 Å². The Morgan fingerprint density at radius 3 is 2.68 bits per heavy atom. The van der Waals surface area contributed by atoms with Gasteiger partial charge in [0.15, 0.2) is 4.60 Å². The molecule has 2 aromatic heterocycles. The molecule has 0 unspecified atom stereocenters. The highest BCUT2D eigenvalue weighted by Crippen LogP contribution is 2.20. The smallest absolute Gasteiger partial charge is 0.262 e. The van der Waals surface area contributed by atoms with Crippen LogP contribution < -0.4 is 4.72 Å². The number of pyridine rings is 1. The van der Waals surface area contributed by atoms with Crippen molar-refractivity contribution in [1.29, 1.82) is 5.26 Å². The molecule has 2 heterocycles. The lowest BCUT2D eigenvalue weighted by molar-refractivity contribution is 0.578. The average molecular weight is 343 g/mol. The minimum absolute atomic E-state index is 0.104. The SMILES string of the molecule is Cn1nnc(Br)c1S(=O)(=O)Nc1ccc(C#N)cn1. The summed E-state index contributed by atoms with van der Waals surface area (Å²) in [4.78, 5) is 3.83. The number of halogens is 1. The molecule has 0 radical (unpaired) electrons. The molecule has 8 nitrogen and oxygen atoms in total. The lowest BCUT2D eigenvalue weighted by Crippen LogP contribution is -2.17. The maximum Gasteiger partial charge on any atom is 0.283 e. The zero-order valence-electron chi connectivity index (χ0n) is 9.57. The first kappa shape index (κ1) is 13.4.